The molecule has 0 N–H and O–H groups in total. The fourth-order valence-corrected chi connectivity index (χ4v) is 13.0. The van der Waals surface area contributed by atoms with Crippen LogP contribution in [0.1, 0.15) is 0 Å². The summed E-state index contributed by atoms with van der Waals surface area (Å²) in [5.41, 5.74) is 16.3. The molecule has 16 rings (SSSR count). The van der Waals surface area contributed by atoms with Crippen LogP contribution in [0.5, 0.6) is 0 Å². The Morgan fingerprint density at radius 2 is 0.637 bits per heavy atom. The van der Waals surface area contributed by atoms with E-state index in [0.717, 1.165) is 44.9 Å². The summed E-state index contributed by atoms with van der Waals surface area (Å²) in [5.74, 6) is 0. The van der Waals surface area contributed by atoms with Crippen LogP contribution in [0.2, 0.25) is 0 Å². The molecule has 0 saturated heterocycles. The van der Waals surface area contributed by atoms with E-state index >= 15 is 0 Å². The molecule has 2 heteroatoms. The number of hydrogen-bond acceptors (Lipinski definition) is 1. The fourth-order valence-electron chi connectivity index (χ4n) is 13.0. The third kappa shape index (κ3) is 7.42. The molecule has 0 aliphatic rings. The normalized spacial score (nSPS) is 11.8. The third-order valence-corrected chi connectivity index (χ3v) is 16.7. The number of nitrogens with zero attached hydrogens (tertiary/aromatic N) is 2. The SMILES string of the molecule is c1ccc(-c2ccc(N(c3ccc(-c4ccc5c(c4)c4cc(-c6cc7ccccc7c7ccccc67)ccc4n5-c4ccccc4-c4ccc5c6ccccc6c6ccccc6c5c4)cc3)c3cccc4ccccc34)cc2)cc1. The molecule has 0 radical (unpaired) electrons. The van der Waals surface area contributed by atoms with Crippen LogP contribution in [0, 0.1) is 0 Å². The summed E-state index contributed by atoms with van der Waals surface area (Å²) >= 11 is 0. The van der Waals surface area contributed by atoms with Crippen molar-refractivity contribution in [2.45, 2.75) is 0 Å². The van der Waals surface area contributed by atoms with E-state index in [1.54, 1.807) is 0 Å². The van der Waals surface area contributed by atoms with Crippen LogP contribution in [0.3, 0.4) is 0 Å². The molecule has 1 heterocycles. The van der Waals surface area contributed by atoms with Crippen LogP contribution in [0.25, 0.3) is 137 Å². The maximum absolute atomic E-state index is 2.50. The summed E-state index contributed by atoms with van der Waals surface area (Å²) in [6, 6.07) is 112. The van der Waals surface area contributed by atoms with Gasteiger partial charge < -0.3 is 9.47 Å². The van der Waals surface area contributed by atoms with E-state index in [0.29, 0.717) is 0 Å². The number of hydrogen-bond donors (Lipinski definition) is 0. The highest BCUT2D eigenvalue weighted by atomic mass is 15.1. The largest absolute Gasteiger partial charge is 0.310 e. The monoisotopic (exact) mass is 1010 g/mol. The Hall–Kier alpha value is -10.5. The first-order valence-corrected chi connectivity index (χ1v) is 27.6. The number of fused-ring (bicyclic) bond motifs is 13. The Bertz CT molecular complexity index is 5070. The quantitative estimate of drug-likeness (QED) is 0.138. The lowest BCUT2D eigenvalue weighted by atomic mass is 9.91. The summed E-state index contributed by atoms with van der Waals surface area (Å²) in [7, 11) is 0. The summed E-state index contributed by atoms with van der Waals surface area (Å²) in [6.45, 7) is 0. The Morgan fingerprint density at radius 1 is 0.212 bits per heavy atom. The molecule has 0 aliphatic heterocycles. The van der Waals surface area contributed by atoms with Crippen LogP contribution < -0.4 is 4.90 Å². The molecule has 0 atom stereocenters. The van der Waals surface area contributed by atoms with Crippen molar-refractivity contribution in [3.05, 3.63) is 303 Å². The Balaban J connectivity index is 0.872. The van der Waals surface area contributed by atoms with Crippen molar-refractivity contribution in [3.8, 4) is 50.2 Å². The standard InChI is InChI=1S/C78H50N2/c1-2-17-51(18-3-1)52-33-40-59(41-34-52)79(75-32-16-21-54-19-4-7-23-62(54)75)60-42-35-53(36-43-60)55-38-45-77-73(47-55)74-50-58(71-48-56-20-5-6-22-61(56)64-25-8-12-29-68(64)71)39-46-78(74)80(77)76-31-15-14-24-63(76)57-37-44-70-67-28-10-9-26-65(67)66-27-11-13-30-69(66)72(70)49-57/h1-50H. The summed E-state index contributed by atoms with van der Waals surface area (Å²) in [6.07, 6.45) is 0. The van der Waals surface area contributed by atoms with Crippen molar-refractivity contribution in [1.82, 2.24) is 4.57 Å². The first kappa shape index (κ1) is 45.6. The van der Waals surface area contributed by atoms with Gasteiger partial charge in [-0.1, -0.05) is 231 Å². The van der Waals surface area contributed by atoms with Crippen molar-refractivity contribution in [2.24, 2.45) is 0 Å². The van der Waals surface area contributed by atoms with E-state index < -0.39 is 0 Å². The molecule has 80 heavy (non-hydrogen) atoms. The van der Waals surface area contributed by atoms with Gasteiger partial charge in [0.2, 0.25) is 0 Å². The smallest absolute Gasteiger partial charge is 0.0541 e. The molecule has 0 aliphatic carbocycles. The molecular formula is C78H50N2. The van der Waals surface area contributed by atoms with E-state index in [9.17, 15) is 0 Å². The van der Waals surface area contributed by atoms with Gasteiger partial charge in [-0.05, 0) is 171 Å². The zero-order valence-corrected chi connectivity index (χ0v) is 43.8. The number of rotatable bonds is 8. The van der Waals surface area contributed by atoms with E-state index in [2.05, 4.69) is 313 Å². The molecule has 0 spiro atoms. The highest BCUT2D eigenvalue weighted by molar-refractivity contribution is 6.26. The molecule has 15 aromatic carbocycles. The van der Waals surface area contributed by atoms with Crippen LogP contribution >= 0.6 is 0 Å². The number of benzene rings is 15. The van der Waals surface area contributed by atoms with Gasteiger partial charge in [-0.15, -0.1) is 0 Å². The molecule has 372 valence electrons. The Kier molecular flexibility index (Phi) is 10.6. The van der Waals surface area contributed by atoms with E-state index in [1.807, 2.05) is 0 Å². The maximum atomic E-state index is 2.50. The van der Waals surface area contributed by atoms with Gasteiger partial charge in [0.1, 0.15) is 0 Å². The predicted octanol–water partition coefficient (Wildman–Crippen LogP) is 21.8. The van der Waals surface area contributed by atoms with E-state index in [4.69, 9.17) is 0 Å². The van der Waals surface area contributed by atoms with Crippen LogP contribution in [-0.4, -0.2) is 4.57 Å². The maximum Gasteiger partial charge on any atom is 0.0541 e. The lowest BCUT2D eigenvalue weighted by Crippen LogP contribution is -2.10. The minimum atomic E-state index is 1.09. The third-order valence-electron chi connectivity index (χ3n) is 16.7. The zero-order valence-electron chi connectivity index (χ0n) is 43.8. The number of aromatic nitrogens is 1. The predicted molar refractivity (Wildman–Crippen MR) is 342 cm³/mol. The minimum absolute atomic E-state index is 1.09. The first-order chi connectivity index (χ1) is 39.7. The molecule has 0 fully saturated rings. The van der Waals surface area contributed by atoms with Crippen LogP contribution in [0.15, 0.2) is 303 Å². The average molecular weight is 1020 g/mol. The van der Waals surface area contributed by atoms with Crippen molar-refractivity contribution in [2.75, 3.05) is 4.90 Å². The average Bonchev–Trinajstić information content (AvgIpc) is 3.88. The first-order valence-electron chi connectivity index (χ1n) is 27.6. The molecular weight excluding hydrogens is 965 g/mol. The molecule has 0 bridgehead atoms. The summed E-state index contributed by atoms with van der Waals surface area (Å²) < 4.78 is 2.50. The molecule has 0 amide bonds. The van der Waals surface area contributed by atoms with E-state index in [1.165, 1.54) is 109 Å². The van der Waals surface area contributed by atoms with E-state index in [-0.39, 0.29) is 0 Å². The molecule has 0 saturated carbocycles. The second kappa shape index (κ2) is 18.6. The lowest BCUT2D eigenvalue weighted by molar-refractivity contribution is 1.18. The van der Waals surface area contributed by atoms with Crippen molar-refractivity contribution < 1.29 is 0 Å². The van der Waals surface area contributed by atoms with Gasteiger partial charge in [0.15, 0.2) is 0 Å². The summed E-state index contributed by atoms with van der Waals surface area (Å²) in [5, 5.41) is 17.5. The van der Waals surface area contributed by atoms with Gasteiger partial charge in [0, 0.05) is 33.1 Å². The zero-order chi connectivity index (χ0) is 52.7. The molecule has 1 aromatic heterocycles. The summed E-state index contributed by atoms with van der Waals surface area (Å²) in [4.78, 5) is 2.40. The van der Waals surface area contributed by atoms with Crippen LogP contribution in [0.4, 0.5) is 17.1 Å². The molecule has 16 aromatic rings. The highest BCUT2D eigenvalue weighted by Gasteiger charge is 2.21. The van der Waals surface area contributed by atoms with Crippen molar-refractivity contribution >= 4 is 104 Å². The van der Waals surface area contributed by atoms with Gasteiger partial charge in [0.05, 0.1) is 22.4 Å². The van der Waals surface area contributed by atoms with Gasteiger partial charge in [-0.2, -0.15) is 0 Å². The van der Waals surface area contributed by atoms with Gasteiger partial charge in [-0.25, -0.2) is 0 Å². The second-order valence-corrected chi connectivity index (χ2v) is 21.2. The molecule has 2 nitrogen and oxygen atoms in total. The number of para-hydroxylation sites is 1. The Morgan fingerprint density at radius 3 is 1.31 bits per heavy atom. The van der Waals surface area contributed by atoms with Crippen LogP contribution in [-0.2, 0) is 0 Å². The molecule has 0 unspecified atom stereocenters. The Labute approximate surface area is 463 Å². The van der Waals surface area contributed by atoms with Crippen molar-refractivity contribution in [1.29, 1.82) is 0 Å². The number of anilines is 3. The van der Waals surface area contributed by atoms with Crippen molar-refractivity contribution in [3.63, 3.8) is 0 Å². The fraction of sp³-hybridized carbons (Fsp3) is 0. The minimum Gasteiger partial charge on any atom is -0.310 e. The topological polar surface area (TPSA) is 8.17 Å². The van der Waals surface area contributed by atoms with Gasteiger partial charge in [0.25, 0.3) is 0 Å². The van der Waals surface area contributed by atoms with Gasteiger partial charge >= 0.3 is 0 Å². The lowest BCUT2D eigenvalue weighted by Gasteiger charge is -2.27. The highest BCUT2D eigenvalue weighted by Crippen LogP contribution is 2.45. The second-order valence-electron chi connectivity index (χ2n) is 21.2. The van der Waals surface area contributed by atoms with Gasteiger partial charge in [-0.3, -0.25) is 0 Å².